The summed E-state index contributed by atoms with van der Waals surface area (Å²) in [6.45, 7) is 5.40. The summed E-state index contributed by atoms with van der Waals surface area (Å²) in [5.74, 6) is -0.0442. The second-order valence-electron chi connectivity index (χ2n) is 8.69. The summed E-state index contributed by atoms with van der Waals surface area (Å²) in [6.07, 6.45) is 2.19. The van der Waals surface area contributed by atoms with E-state index in [2.05, 4.69) is 9.97 Å². The molecule has 2 aliphatic rings. The largest absolute Gasteiger partial charge is 0.364 e. The maximum Gasteiger partial charge on any atom is 0.318 e. The molecule has 0 radical (unpaired) electrons. The van der Waals surface area contributed by atoms with E-state index in [0.717, 1.165) is 22.0 Å². The Labute approximate surface area is 187 Å². The highest BCUT2D eigenvalue weighted by Gasteiger charge is 2.36. The van der Waals surface area contributed by atoms with E-state index in [1.165, 1.54) is 17.7 Å². The number of pyridine rings is 1. The lowest BCUT2D eigenvalue weighted by Crippen LogP contribution is -2.45. The van der Waals surface area contributed by atoms with Crippen LogP contribution in [0.3, 0.4) is 0 Å². The Hall–Kier alpha value is -2.85. The molecule has 5 heterocycles. The first-order chi connectivity index (χ1) is 15.2. The molecule has 0 bridgehead atoms. The van der Waals surface area contributed by atoms with Gasteiger partial charge in [0.15, 0.2) is 5.65 Å². The molecule has 0 aliphatic carbocycles. The molecule has 2 aliphatic heterocycles. The lowest BCUT2D eigenvalue weighted by atomic mass is 10.0. The minimum Gasteiger partial charge on any atom is -0.364 e. The average Bonchev–Trinajstić information content (AvgIpc) is 3.08. The molecule has 9 nitrogen and oxygen atoms in total. The molecule has 0 spiro atoms. The van der Waals surface area contributed by atoms with Crippen molar-refractivity contribution in [2.75, 3.05) is 18.0 Å². The summed E-state index contributed by atoms with van der Waals surface area (Å²) in [5, 5.41) is 0.387. The van der Waals surface area contributed by atoms with Crippen molar-refractivity contribution in [1.82, 2.24) is 24.1 Å². The second kappa shape index (κ2) is 7.35. The second-order valence-corrected chi connectivity index (χ2v) is 9.05. The van der Waals surface area contributed by atoms with Crippen LogP contribution < -0.4 is 16.0 Å². The monoisotopic (exact) mass is 460 g/mol. The minimum absolute atomic E-state index is 0.252. The van der Waals surface area contributed by atoms with Crippen molar-refractivity contribution in [3.05, 3.63) is 55.2 Å². The van der Waals surface area contributed by atoms with Crippen molar-refractivity contribution >= 4 is 28.7 Å². The van der Waals surface area contributed by atoms with Gasteiger partial charge in [0.25, 0.3) is 0 Å². The van der Waals surface area contributed by atoms with Crippen molar-refractivity contribution in [3.8, 4) is 0 Å². The molecule has 11 heteroatoms. The standard InChI is InChI=1S/C21H22ClFN6O3/c1-21(2)15-13(10-32-21)16(22)26-20(25-15)28-6-4-12(5-7-28)29-17-14(8-11(23)9-24-17)27(3)18(30)19(29)31/h8-9,12H,4-7,10H2,1-3H3. The number of aryl methyl sites for hydroxylation is 1. The highest BCUT2D eigenvalue weighted by Crippen LogP contribution is 2.38. The van der Waals surface area contributed by atoms with Crippen LogP contribution in [0.2, 0.25) is 5.15 Å². The molecule has 1 saturated heterocycles. The molecule has 0 saturated carbocycles. The van der Waals surface area contributed by atoms with Crippen molar-refractivity contribution in [1.29, 1.82) is 0 Å². The highest BCUT2D eigenvalue weighted by atomic mass is 35.5. The minimum atomic E-state index is -0.705. The van der Waals surface area contributed by atoms with E-state index in [1.807, 2.05) is 18.7 Å². The van der Waals surface area contributed by atoms with Gasteiger partial charge in [-0.2, -0.15) is 0 Å². The van der Waals surface area contributed by atoms with Gasteiger partial charge in [0, 0.05) is 37.8 Å². The summed E-state index contributed by atoms with van der Waals surface area (Å²) in [7, 11) is 1.44. The van der Waals surface area contributed by atoms with Crippen LogP contribution in [-0.2, 0) is 24.0 Å². The fourth-order valence-electron chi connectivity index (χ4n) is 4.50. The Morgan fingerprint density at radius 1 is 1.19 bits per heavy atom. The van der Waals surface area contributed by atoms with Gasteiger partial charge >= 0.3 is 11.1 Å². The van der Waals surface area contributed by atoms with Crippen LogP contribution in [0.4, 0.5) is 10.3 Å². The molecular weight excluding hydrogens is 439 g/mol. The quantitative estimate of drug-likeness (QED) is 0.427. The number of fused-ring (bicyclic) bond motifs is 2. The average molecular weight is 461 g/mol. The first-order valence-electron chi connectivity index (χ1n) is 10.4. The summed E-state index contributed by atoms with van der Waals surface area (Å²) in [4.78, 5) is 40.6. The zero-order valence-electron chi connectivity index (χ0n) is 17.9. The lowest BCUT2D eigenvalue weighted by molar-refractivity contribution is -0.0100. The number of rotatable bonds is 2. The molecule has 0 amide bonds. The number of ether oxygens (including phenoxy) is 1. The van der Waals surface area contributed by atoms with Crippen molar-refractivity contribution in [3.63, 3.8) is 0 Å². The van der Waals surface area contributed by atoms with Gasteiger partial charge in [0.05, 0.1) is 24.0 Å². The molecule has 32 heavy (non-hydrogen) atoms. The van der Waals surface area contributed by atoms with Gasteiger partial charge in [-0.25, -0.2) is 19.3 Å². The van der Waals surface area contributed by atoms with Crippen LogP contribution in [0.15, 0.2) is 21.9 Å². The molecule has 5 rings (SSSR count). The smallest absolute Gasteiger partial charge is 0.318 e. The molecule has 0 unspecified atom stereocenters. The molecule has 168 valence electrons. The van der Waals surface area contributed by atoms with Gasteiger partial charge in [-0.3, -0.25) is 14.2 Å². The zero-order valence-corrected chi connectivity index (χ0v) is 18.7. The number of piperidine rings is 1. The fourth-order valence-corrected chi connectivity index (χ4v) is 4.72. The topological polar surface area (TPSA) is 95.1 Å². The van der Waals surface area contributed by atoms with E-state index in [1.54, 1.807) is 0 Å². The van der Waals surface area contributed by atoms with E-state index in [0.29, 0.717) is 49.3 Å². The Balaban J connectivity index is 1.47. The van der Waals surface area contributed by atoms with Crippen LogP contribution in [-0.4, -0.2) is 37.2 Å². The van der Waals surface area contributed by atoms with Gasteiger partial charge in [-0.15, -0.1) is 0 Å². The van der Waals surface area contributed by atoms with Gasteiger partial charge in [-0.05, 0) is 26.7 Å². The molecule has 3 aromatic heterocycles. The van der Waals surface area contributed by atoms with Crippen LogP contribution in [0.25, 0.3) is 11.2 Å². The van der Waals surface area contributed by atoms with Crippen molar-refractivity contribution in [2.24, 2.45) is 7.05 Å². The van der Waals surface area contributed by atoms with E-state index in [9.17, 15) is 14.0 Å². The fraction of sp³-hybridized carbons (Fsp3) is 0.476. The summed E-state index contributed by atoms with van der Waals surface area (Å²) < 4.78 is 22.1. The number of hydrogen-bond acceptors (Lipinski definition) is 7. The Bertz CT molecular complexity index is 1360. The number of nitrogens with zero attached hydrogens (tertiary/aromatic N) is 6. The van der Waals surface area contributed by atoms with Gasteiger partial charge in [0.2, 0.25) is 5.95 Å². The Kier molecular flexibility index (Phi) is 4.82. The number of hydrogen-bond donors (Lipinski definition) is 0. The van der Waals surface area contributed by atoms with Crippen molar-refractivity contribution < 1.29 is 9.13 Å². The lowest BCUT2D eigenvalue weighted by Gasteiger charge is -2.33. The molecule has 1 fully saturated rings. The molecule has 0 atom stereocenters. The molecular formula is C21H22ClFN6O3. The van der Waals surface area contributed by atoms with E-state index in [4.69, 9.17) is 21.3 Å². The zero-order chi connectivity index (χ0) is 22.8. The highest BCUT2D eigenvalue weighted by molar-refractivity contribution is 6.30. The van der Waals surface area contributed by atoms with Gasteiger partial charge in [0.1, 0.15) is 16.6 Å². The van der Waals surface area contributed by atoms with E-state index in [-0.39, 0.29) is 11.6 Å². The van der Waals surface area contributed by atoms with Crippen molar-refractivity contribution in [2.45, 2.75) is 44.9 Å². The maximum atomic E-state index is 13.7. The number of aromatic nitrogens is 5. The summed E-state index contributed by atoms with van der Waals surface area (Å²) >= 11 is 6.40. The number of halogens is 2. The third-order valence-electron chi connectivity index (χ3n) is 6.31. The van der Waals surface area contributed by atoms with Crippen LogP contribution >= 0.6 is 11.6 Å². The van der Waals surface area contributed by atoms with Gasteiger partial charge < -0.3 is 14.2 Å². The first-order valence-corrected chi connectivity index (χ1v) is 10.8. The third-order valence-corrected chi connectivity index (χ3v) is 6.63. The Morgan fingerprint density at radius 3 is 2.62 bits per heavy atom. The molecule has 3 aromatic rings. The van der Waals surface area contributed by atoms with Crippen LogP contribution in [0.1, 0.15) is 44.0 Å². The maximum absolute atomic E-state index is 13.7. The predicted octanol–water partition coefficient (Wildman–Crippen LogP) is 2.28. The first kappa shape index (κ1) is 21.0. The summed E-state index contributed by atoms with van der Waals surface area (Å²) in [6, 6.07) is 0.969. The number of anilines is 1. The normalized spacial score (nSPS) is 18.3. The predicted molar refractivity (Wildman–Crippen MR) is 117 cm³/mol. The molecule has 0 N–H and O–H groups in total. The van der Waals surface area contributed by atoms with Gasteiger partial charge in [-0.1, -0.05) is 11.6 Å². The van der Waals surface area contributed by atoms with E-state index < -0.39 is 22.5 Å². The SMILES string of the molecule is Cn1c(=O)c(=O)n(C2CCN(c3nc(Cl)c4c(n3)C(C)(C)OC4)CC2)c2ncc(F)cc21. The third kappa shape index (κ3) is 3.20. The Morgan fingerprint density at radius 2 is 1.91 bits per heavy atom. The van der Waals surface area contributed by atoms with Crippen LogP contribution in [0.5, 0.6) is 0 Å². The van der Waals surface area contributed by atoms with Crippen LogP contribution in [0, 0.1) is 5.82 Å². The summed E-state index contributed by atoms with van der Waals surface area (Å²) in [5.41, 5.74) is 0.283. The molecule has 0 aromatic carbocycles. The van der Waals surface area contributed by atoms with E-state index >= 15 is 0 Å².